The molecule has 0 fully saturated rings. The minimum Gasteiger partial charge on any atom is -0.491 e. The molecule has 2 rings (SSSR count). The van der Waals surface area contributed by atoms with E-state index in [1.165, 1.54) is 6.07 Å². The van der Waals surface area contributed by atoms with Crippen LogP contribution in [-0.2, 0) is 4.74 Å². The number of hydrogen-bond donors (Lipinski definition) is 1. The molecule has 5 nitrogen and oxygen atoms in total. The SMILES string of the molecule is Cc1cc(=O)oc2cc(OCCOCCN)ccc12. The van der Waals surface area contributed by atoms with Crippen molar-refractivity contribution in [2.24, 2.45) is 5.73 Å². The third kappa shape index (κ3) is 3.56. The Labute approximate surface area is 110 Å². The molecule has 0 radical (unpaired) electrons. The van der Waals surface area contributed by atoms with E-state index < -0.39 is 0 Å². The van der Waals surface area contributed by atoms with Gasteiger partial charge in [-0.1, -0.05) is 0 Å². The van der Waals surface area contributed by atoms with E-state index in [-0.39, 0.29) is 5.63 Å². The molecule has 0 saturated carbocycles. The van der Waals surface area contributed by atoms with Gasteiger partial charge in [-0.2, -0.15) is 0 Å². The van der Waals surface area contributed by atoms with Gasteiger partial charge in [0.05, 0.1) is 13.2 Å². The number of rotatable bonds is 6. The molecule has 1 aromatic carbocycles. The minimum absolute atomic E-state index is 0.353. The molecule has 0 unspecified atom stereocenters. The number of nitrogens with two attached hydrogens (primary N) is 1. The molecule has 0 aliphatic carbocycles. The van der Waals surface area contributed by atoms with Crippen LogP contribution in [0.4, 0.5) is 0 Å². The van der Waals surface area contributed by atoms with Crippen LogP contribution in [0.15, 0.2) is 33.5 Å². The zero-order valence-electron chi connectivity index (χ0n) is 10.8. The van der Waals surface area contributed by atoms with Gasteiger partial charge in [0.15, 0.2) is 0 Å². The summed E-state index contributed by atoms with van der Waals surface area (Å²) in [4.78, 5) is 11.3. The highest BCUT2D eigenvalue weighted by Gasteiger charge is 2.03. The summed E-state index contributed by atoms with van der Waals surface area (Å²) in [6.07, 6.45) is 0. The van der Waals surface area contributed by atoms with E-state index in [0.717, 1.165) is 10.9 Å². The molecule has 1 heterocycles. The normalized spacial score (nSPS) is 10.8. The van der Waals surface area contributed by atoms with Gasteiger partial charge in [-0.05, 0) is 24.6 Å². The number of hydrogen-bond acceptors (Lipinski definition) is 5. The summed E-state index contributed by atoms with van der Waals surface area (Å²) < 4.78 is 15.9. The standard InChI is InChI=1S/C14H17NO4/c1-10-8-14(16)19-13-9-11(2-3-12(10)13)18-7-6-17-5-4-15/h2-3,8-9H,4-7,15H2,1H3. The molecule has 5 heteroatoms. The lowest BCUT2D eigenvalue weighted by Crippen LogP contribution is -2.13. The highest BCUT2D eigenvalue weighted by molar-refractivity contribution is 5.81. The van der Waals surface area contributed by atoms with E-state index >= 15 is 0 Å². The summed E-state index contributed by atoms with van der Waals surface area (Å²) in [5.74, 6) is 0.651. The van der Waals surface area contributed by atoms with Crippen LogP contribution in [0.3, 0.4) is 0 Å². The second kappa shape index (κ2) is 6.36. The Kier molecular flexibility index (Phi) is 4.54. The van der Waals surface area contributed by atoms with Gasteiger partial charge in [-0.3, -0.25) is 0 Å². The fourth-order valence-electron chi connectivity index (χ4n) is 1.80. The van der Waals surface area contributed by atoms with Gasteiger partial charge in [0.1, 0.15) is 17.9 Å². The van der Waals surface area contributed by atoms with Crippen LogP contribution >= 0.6 is 0 Å². The van der Waals surface area contributed by atoms with Crippen molar-refractivity contribution >= 4 is 11.0 Å². The zero-order chi connectivity index (χ0) is 13.7. The van der Waals surface area contributed by atoms with Gasteiger partial charge >= 0.3 is 5.63 Å². The van der Waals surface area contributed by atoms with Crippen molar-refractivity contribution in [3.8, 4) is 5.75 Å². The van der Waals surface area contributed by atoms with Crippen LogP contribution in [0.1, 0.15) is 5.56 Å². The van der Waals surface area contributed by atoms with Crippen LogP contribution in [0.25, 0.3) is 11.0 Å². The first kappa shape index (κ1) is 13.6. The summed E-state index contributed by atoms with van der Waals surface area (Å²) in [5, 5.41) is 0.909. The van der Waals surface area contributed by atoms with Crippen LogP contribution in [0.2, 0.25) is 0 Å². The summed E-state index contributed by atoms with van der Waals surface area (Å²) in [6, 6.07) is 6.91. The van der Waals surface area contributed by atoms with Crippen LogP contribution in [0, 0.1) is 6.92 Å². The van der Waals surface area contributed by atoms with E-state index in [0.29, 0.717) is 37.7 Å². The second-order valence-corrected chi connectivity index (χ2v) is 4.16. The average Bonchev–Trinajstić information content (AvgIpc) is 2.38. The third-order valence-electron chi connectivity index (χ3n) is 2.68. The van der Waals surface area contributed by atoms with Crippen molar-refractivity contribution < 1.29 is 13.9 Å². The molecule has 0 saturated heterocycles. The predicted octanol–water partition coefficient (Wildman–Crippen LogP) is 1.46. The van der Waals surface area contributed by atoms with Gasteiger partial charge < -0.3 is 19.6 Å². The highest BCUT2D eigenvalue weighted by Crippen LogP contribution is 2.22. The lowest BCUT2D eigenvalue weighted by Gasteiger charge is -2.07. The van der Waals surface area contributed by atoms with Crippen molar-refractivity contribution in [1.29, 1.82) is 0 Å². The van der Waals surface area contributed by atoms with Gasteiger partial charge in [0.2, 0.25) is 0 Å². The van der Waals surface area contributed by atoms with Crippen LogP contribution < -0.4 is 16.1 Å². The number of ether oxygens (including phenoxy) is 2. The molecule has 0 amide bonds. The van der Waals surface area contributed by atoms with E-state index in [9.17, 15) is 4.79 Å². The Bertz CT molecular complexity index is 606. The van der Waals surface area contributed by atoms with Crippen LogP contribution in [0.5, 0.6) is 5.75 Å². The molecule has 102 valence electrons. The molecular formula is C14H17NO4. The number of aryl methyl sites for hydroxylation is 1. The maximum Gasteiger partial charge on any atom is 0.336 e. The summed E-state index contributed by atoms with van der Waals surface area (Å²) >= 11 is 0. The van der Waals surface area contributed by atoms with Crippen LogP contribution in [-0.4, -0.2) is 26.4 Å². The molecule has 2 N–H and O–H groups in total. The van der Waals surface area contributed by atoms with E-state index in [1.54, 1.807) is 6.07 Å². The molecule has 19 heavy (non-hydrogen) atoms. The molecule has 0 aliphatic rings. The second-order valence-electron chi connectivity index (χ2n) is 4.16. The van der Waals surface area contributed by atoms with E-state index in [2.05, 4.69) is 0 Å². The first-order chi connectivity index (χ1) is 9.20. The Morgan fingerprint density at radius 3 is 2.84 bits per heavy atom. The first-order valence-corrected chi connectivity index (χ1v) is 6.16. The van der Waals surface area contributed by atoms with Gasteiger partial charge in [0.25, 0.3) is 0 Å². The fourth-order valence-corrected chi connectivity index (χ4v) is 1.80. The Hall–Kier alpha value is -1.85. The molecule has 0 aliphatic heterocycles. The highest BCUT2D eigenvalue weighted by atomic mass is 16.5. The number of benzene rings is 1. The van der Waals surface area contributed by atoms with Crippen molar-refractivity contribution in [2.45, 2.75) is 6.92 Å². The quantitative estimate of drug-likeness (QED) is 0.630. The third-order valence-corrected chi connectivity index (χ3v) is 2.68. The summed E-state index contributed by atoms with van der Waals surface area (Å²) in [5.41, 5.74) is 6.38. The molecular weight excluding hydrogens is 246 g/mol. The number of fused-ring (bicyclic) bond motifs is 1. The molecule has 0 spiro atoms. The first-order valence-electron chi connectivity index (χ1n) is 6.16. The Morgan fingerprint density at radius 2 is 2.05 bits per heavy atom. The van der Waals surface area contributed by atoms with Crippen molar-refractivity contribution in [3.63, 3.8) is 0 Å². The molecule has 0 bridgehead atoms. The maximum atomic E-state index is 11.3. The van der Waals surface area contributed by atoms with Gasteiger partial charge in [-0.15, -0.1) is 0 Å². The smallest absolute Gasteiger partial charge is 0.336 e. The van der Waals surface area contributed by atoms with Crippen molar-refractivity contribution in [3.05, 3.63) is 40.2 Å². The molecule has 2 aromatic rings. The predicted molar refractivity (Wildman–Crippen MR) is 72.6 cm³/mol. The van der Waals surface area contributed by atoms with Gasteiger partial charge in [0, 0.05) is 24.1 Å². The van der Waals surface area contributed by atoms with Crippen molar-refractivity contribution in [2.75, 3.05) is 26.4 Å². The topological polar surface area (TPSA) is 74.7 Å². The minimum atomic E-state index is -0.353. The lowest BCUT2D eigenvalue weighted by molar-refractivity contribution is 0.106. The van der Waals surface area contributed by atoms with E-state index in [4.69, 9.17) is 19.6 Å². The molecule has 0 atom stereocenters. The summed E-state index contributed by atoms with van der Waals surface area (Å²) in [6.45, 7) is 3.81. The largest absolute Gasteiger partial charge is 0.491 e. The fraction of sp³-hybridized carbons (Fsp3) is 0.357. The summed E-state index contributed by atoms with van der Waals surface area (Å²) in [7, 11) is 0. The zero-order valence-corrected chi connectivity index (χ0v) is 10.8. The average molecular weight is 263 g/mol. The maximum absolute atomic E-state index is 11.3. The van der Waals surface area contributed by atoms with Gasteiger partial charge in [-0.25, -0.2) is 4.79 Å². The Balaban J connectivity index is 2.07. The van der Waals surface area contributed by atoms with Crippen molar-refractivity contribution in [1.82, 2.24) is 0 Å². The lowest BCUT2D eigenvalue weighted by atomic mass is 10.1. The molecule has 1 aromatic heterocycles. The van der Waals surface area contributed by atoms with E-state index in [1.807, 2.05) is 19.1 Å². The monoisotopic (exact) mass is 263 g/mol. The Morgan fingerprint density at radius 1 is 1.21 bits per heavy atom.